The highest BCUT2D eigenvalue weighted by Crippen LogP contribution is 1.88. The van der Waals surface area contributed by atoms with Crippen molar-refractivity contribution in [1.29, 1.82) is 0 Å². The zero-order valence-corrected chi connectivity index (χ0v) is 5.90. The standard InChI is InChI=1S/C5H8BrN/c1-3-5(6)7-4-2/h3H,1,4H2,2H3. The number of hydrogen-bond donors (Lipinski definition) is 0. The topological polar surface area (TPSA) is 12.4 Å². The van der Waals surface area contributed by atoms with Crippen molar-refractivity contribution < 1.29 is 0 Å². The monoisotopic (exact) mass is 161 g/mol. The number of allylic oxidation sites excluding steroid dienone is 1. The average Bonchev–Trinajstić information content (AvgIpc) is 1.68. The van der Waals surface area contributed by atoms with Crippen LogP contribution < -0.4 is 0 Å². The molecule has 0 N–H and O–H groups in total. The van der Waals surface area contributed by atoms with Crippen molar-refractivity contribution >= 4 is 20.6 Å². The Bertz CT molecular complexity index is 86.1. The lowest BCUT2D eigenvalue weighted by Crippen LogP contribution is -1.77. The quantitative estimate of drug-likeness (QED) is 0.550. The van der Waals surface area contributed by atoms with Crippen LogP contribution in [0, 0.1) is 0 Å². The first-order valence-corrected chi connectivity index (χ1v) is 2.93. The fourth-order valence-corrected chi connectivity index (χ4v) is 0.466. The smallest absolute Gasteiger partial charge is 0.0994 e. The fraction of sp³-hybridized carbons (Fsp3) is 0.400. The van der Waals surface area contributed by atoms with Gasteiger partial charge in [-0.05, 0) is 28.9 Å². The van der Waals surface area contributed by atoms with Crippen molar-refractivity contribution in [3.8, 4) is 0 Å². The van der Waals surface area contributed by atoms with Gasteiger partial charge in [-0.15, -0.1) is 0 Å². The summed E-state index contributed by atoms with van der Waals surface area (Å²) in [4.78, 5) is 3.96. The molecule has 0 fully saturated rings. The van der Waals surface area contributed by atoms with E-state index in [1.165, 1.54) is 0 Å². The highest BCUT2D eigenvalue weighted by molar-refractivity contribution is 9.18. The molecule has 0 radical (unpaired) electrons. The molecule has 2 heteroatoms. The Kier molecular flexibility index (Phi) is 4.00. The Morgan fingerprint density at radius 2 is 2.57 bits per heavy atom. The average molecular weight is 162 g/mol. The summed E-state index contributed by atoms with van der Waals surface area (Å²) in [5.41, 5.74) is 0. The molecule has 0 aromatic rings. The molecular weight excluding hydrogens is 154 g/mol. The van der Waals surface area contributed by atoms with E-state index in [1.807, 2.05) is 6.92 Å². The molecule has 0 aliphatic rings. The predicted octanol–water partition coefficient (Wildman–Crippen LogP) is 1.99. The van der Waals surface area contributed by atoms with Crippen LogP contribution in [0.15, 0.2) is 17.6 Å². The van der Waals surface area contributed by atoms with E-state index in [0.717, 1.165) is 11.2 Å². The van der Waals surface area contributed by atoms with Crippen molar-refractivity contribution in [2.45, 2.75) is 6.92 Å². The van der Waals surface area contributed by atoms with Gasteiger partial charge in [-0.3, -0.25) is 4.99 Å². The number of aliphatic imine (C=N–C) groups is 1. The van der Waals surface area contributed by atoms with E-state index in [9.17, 15) is 0 Å². The number of rotatable bonds is 2. The Labute approximate surface area is 52.3 Å². The normalized spacial score (nSPS) is 11.4. The summed E-state index contributed by atoms with van der Waals surface area (Å²) in [6.45, 7) is 6.29. The lowest BCUT2D eigenvalue weighted by atomic mass is 10.7. The van der Waals surface area contributed by atoms with Gasteiger partial charge in [0.25, 0.3) is 0 Å². The second kappa shape index (κ2) is 4.06. The summed E-state index contributed by atoms with van der Waals surface area (Å²) >= 11 is 3.17. The Hall–Kier alpha value is -0.110. The molecule has 0 atom stereocenters. The number of hydrogen-bond acceptors (Lipinski definition) is 1. The van der Waals surface area contributed by atoms with Crippen molar-refractivity contribution in [2.24, 2.45) is 4.99 Å². The minimum absolute atomic E-state index is 0.812. The largest absolute Gasteiger partial charge is 0.278 e. The van der Waals surface area contributed by atoms with Gasteiger partial charge in [-0.25, -0.2) is 0 Å². The lowest BCUT2D eigenvalue weighted by molar-refractivity contribution is 1.14. The molecule has 7 heavy (non-hydrogen) atoms. The first-order valence-electron chi connectivity index (χ1n) is 2.13. The molecule has 0 heterocycles. The van der Waals surface area contributed by atoms with E-state index in [0.29, 0.717) is 0 Å². The zero-order valence-electron chi connectivity index (χ0n) is 4.32. The summed E-state index contributed by atoms with van der Waals surface area (Å²) in [6.07, 6.45) is 1.67. The summed E-state index contributed by atoms with van der Waals surface area (Å²) in [5.74, 6) is 0. The molecule has 0 aliphatic heterocycles. The van der Waals surface area contributed by atoms with E-state index < -0.39 is 0 Å². The van der Waals surface area contributed by atoms with E-state index in [2.05, 4.69) is 27.5 Å². The third-order valence-corrected chi connectivity index (χ3v) is 1.05. The Morgan fingerprint density at radius 1 is 2.00 bits per heavy atom. The van der Waals surface area contributed by atoms with Gasteiger partial charge in [0.15, 0.2) is 0 Å². The van der Waals surface area contributed by atoms with Gasteiger partial charge in [0.05, 0.1) is 4.62 Å². The van der Waals surface area contributed by atoms with Crippen LogP contribution in [0.1, 0.15) is 6.92 Å². The number of halogens is 1. The molecule has 0 rings (SSSR count). The third-order valence-electron chi connectivity index (χ3n) is 0.478. The highest BCUT2D eigenvalue weighted by atomic mass is 79.9. The second-order valence-electron chi connectivity index (χ2n) is 1.00. The van der Waals surface area contributed by atoms with E-state index in [4.69, 9.17) is 0 Å². The van der Waals surface area contributed by atoms with Crippen molar-refractivity contribution in [3.63, 3.8) is 0 Å². The molecule has 0 aromatic carbocycles. The lowest BCUT2D eigenvalue weighted by Gasteiger charge is -1.81. The van der Waals surface area contributed by atoms with Crippen LogP contribution in [-0.4, -0.2) is 11.2 Å². The van der Waals surface area contributed by atoms with Gasteiger partial charge in [-0.1, -0.05) is 6.58 Å². The van der Waals surface area contributed by atoms with Gasteiger partial charge in [0.2, 0.25) is 0 Å². The highest BCUT2D eigenvalue weighted by Gasteiger charge is 1.75. The molecule has 0 bridgehead atoms. The maximum absolute atomic E-state index is 3.96. The van der Waals surface area contributed by atoms with Gasteiger partial charge in [-0.2, -0.15) is 0 Å². The van der Waals surface area contributed by atoms with Gasteiger partial charge >= 0.3 is 0 Å². The predicted molar refractivity (Wildman–Crippen MR) is 37.1 cm³/mol. The van der Waals surface area contributed by atoms with E-state index in [-0.39, 0.29) is 0 Å². The molecule has 0 spiro atoms. The van der Waals surface area contributed by atoms with Crippen molar-refractivity contribution in [1.82, 2.24) is 0 Å². The summed E-state index contributed by atoms with van der Waals surface area (Å²) in [7, 11) is 0. The maximum Gasteiger partial charge on any atom is 0.0994 e. The van der Waals surface area contributed by atoms with Crippen LogP contribution in [0.2, 0.25) is 0 Å². The first kappa shape index (κ1) is 6.89. The van der Waals surface area contributed by atoms with Crippen LogP contribution >= 0.6 is 15.9 Å². The fourth-order valence-electron chi connectivity index (χ4n) is 0.216. The Balaban J connectivity index is 3.49. The molecule has 0 unspecified atom stereocenters. The van der Waals surface area contributed by atoms with Gasteiger partial charge < -0.3 is 0 Å². The van der Waals surface area contributed by atoms with Crippen molar-refractivity contribution in [2.75, 3.05) is 6.54 Å². The van der Waals surface area contributed by atoms with Crippen molar-refractivity contribution in [3.05, 3.63) is 12.7 Å². The third kappa shape index (κ3) is 3.73. The van der Waals surface area contributed by atoms with E-state index in [1.54, 1.807) is 6.08 Å². The molecule has 0 amide bonds. The molecule has 0 saturated heterocycles. The molecule has 1 nitrogen and oxygen atoms in total. The summed E-state index contributed by atoms with van der Waals surface area (Å²) in [6, 6.07) is 0. The van der Waals surface area contributed by atoms with Crippen LogP contribution in [0.3, 0.4) is 0 Å². The molecule has 0 aliphatic carbocycles. The summed E-state index contributed by atoms with van der Waals surface area (Å²) in [5, 5.41) is 0. The second-order valence-corrected chi connectivity index (χ2v) is 1.81. The minimum atomic E-state index is 0.812. The molecular formula is C5H8BrN. The number of nitrogens with zero attached hydrogens (tertiary/aromatic N) is 1. The van der Waals surface area contributed by atoms with Gasteiger partial charge in [0.1, 0.15) is 0 Å². The first-order chi connectivity index (χ1) is 3.31. The molecule has 40 valence electrons. The maximum atomic E-state index is 3.96. The zero-order chi connectivity index (χ0) is 5.70. The SMILES string of the molecule is C=CC(Br)=NCC. The summed E-state index contributed by atoms with van der Waals surface area (Å²) < 4.78 is 0.829. The van der Waals surface area contributed by atoms with Gasteiger partial charge in [0, 0.05) is 6.54 Å². The van der Waals surface area contributed by atoms with Crippen LogP contribution in [0.5, 0.6) is 0 Å². The van der Waals surface area contributed by atoms with Crippen LogP contribution in [0.4, 0.5) is 0 Å². The molecule has 0 saturated carbocycles. The molecule has 0 aromatic heterocycles. The van der Waals surface area contributed by atoms with Crippen LogP contribution in [0.25, 0.3) is 0 Å². The Morgan fingerprint density at radius 3 is 2.71 bits per heavy atom. The minimum Gasteiger partial charge on any atom is -0.278 e. The van der Waals surface area contributed by atoms with E-state index >= 15 is 0 Å². The van der Waals surface area contributed by atoms with Crippen LogP contribution in [-0.2, 0) is 0 Å².